The molecule has 0 aromatic heterocycles. The highest BCUT2D eigenvalue weighted by molar-refractivity contribution is 5.78. The molecule has 4 heteroatoms. The van der Waals surface area contributed by atoms with Gasteiger partial charge in [-0.25, -0.2) is 0 Å². The van der Waals surface area contributed by atoms with Crippen LogP contribution in [0.25, 0.3) is 0 Å². The predicted molar refractivity (Wildman–Crippen MR) is 68.8 cm³/mol. The number of carbonyl (C=O) groups is 1. The van der Waals surface area contributed by atoms with Crippen molar-refractivity contribution in [3.05, 3.63) is 0 Å². The van der Waals surface area contributed by atoms with Crippen molar-refractivity contribution in [1.29, 1.82) is 0 Å². The van der Waals surface area contributed by atoms with Gasteiger partial charge >= 0.3 is 0 Å². The Morgan fingerprint density at radius 3 is 2.76 bits per heavy atom. The molecule has 0 radical (unpaired) electrons. The first kappa shape index (κ1) is 14.5. The average Bonchev–Trinajstić information content (AvgIpc) is 2.36. The molecule has 1 rings (SSSR count). The van der Waals surface area contributed by atoms with Crippen LogP contribution in [0.4, 0.5) is 0 Å². The van der Waals surface area contributed by atoms with E-state index in [1.807, 2.05) is 0 Å². The van der Waals surface area contributed by atoms with E-state index in [0.29, 0.717) is 18.5 Å². The number of likely N-dealkylation sites (tertiary alicyclic amines) is 1. The van der Waals surface area contributed by atoms with Gasteiger partial charge in [-0.05, 0) is 38.1 Å². The van der Waals surface area contributed by atoms with Crippen LogP contribution in [-0.4, -0.2) is 48.2 Å². The predicted octanol–water partition coefficient (Wildman–Crippen LogP) is 0.995. The summed E-state index contributed by atoms with van der Waals surface area (Å²) in [6, 6.07) is 0.306. The zero-order chi connectivity index (χ0) is 12.7. The first-order valence-corrected chi connectivity index (χ1v) is 6.82. The highest BCUT2D eigenvalue weighted by Crippen LogP contribution is 2.15. The summed E-state index contributed by atoms with van der Waals surface area (Å²) in [5.74, 6) is 0.474. The molecule has 1 heterocycles. The normalized spacial score (nSPS) is 21.8. The molecule has 1 atom stereocenters. The van der Waals surface area contributed by atoms with Crippen molar-refractivity contribution in [2.24, 2.45) is 5.92 Å². The van der Waals surface area contributed by atoms with Crippen LogP contribution in [0.5, 0.6) is 0 Å². The Bertz CT molecular complexity index is 229. The molecule has 0 aliphatic carbocycles. The molecule has 100 valence electrons. The van der Waals surface area contributed by atoms with Crippen molar-refractivity contribution >= 4 is 5.91 Å². The van der Waals surface area contributed by atoms with Gasteiger partial charge in [-0.2, -0.15) is 0 Å². The SMILES string of the molecule is CCC(CC)NC(=O)CN1CCCC(CO)C1. The van der Waals surface area contributed by atoms with Gasteiger partial charge < -0.3 is 10.4 Å². The molecule has 1 aliphatic heterocycles. The molecule has 0 bridgehead atoms. The molecule has 0 saturated carbocycles. The number of piperidine rings is 1. The molecule has 0 aromatic carbocycles. The number of aliphatic hydroxyl groups excluding tert-OH is 1. The molecule has 1 amide bonds. The quantitative estimate of drug-likeness (QED) is 0.730. The zero-order valence-electron chi connectivity index (χ0n) is 11.1. The van der Waals surface area contributed by atoms with E-state index in [1.54, 1.807) is 0 Å². The van der Waals surface area contributed by atoms with E-state index < -0.39 is 0 Å². The molecule has 1 fully saturated rings. The minimum absolute atomic E-state index is 0.122. The standard InChI is InChI=1S/C13H26N2O2/c1-3-12(4-2)14-13(17)9-15-7-5-6-11(8-15)10-16/h11-12,16H,3-10H2,1-2H3,(H,14,17). The van der Waals surface area contributed by atoms with Crippen molar-refractivity contribution in [2.75, 3.05) is 26.2 Å². The monoisotopic (exact) mass is 242 g/mol. The molecular formula is C13H26N2O2. The number of nitrogens with zero attached hydrogens (tertiary/aromatic N) is 1. The molecule has 4 nitrogen and oxygen atoms in total. The van der Waals surface area contributed by atoms with E-state index in [4.69, 9.17) is 5.11 Å². The first-order chi connectivity index (χ1) is 8.19. The lowest BCUT2D eigenvalue weighted by molar-refractivity contribution is -0.123. The lowest BCUT2D eigenvalue weighted by Gasteiger charge is -2.31. The third-order valence-corrected chi connectivity index (χ3v) is 3.58. The minimum atomic E-state index is 0.122. The lowest BCUT2D eigenvalue weighted by atomic mass is 9.99. The number of hydrogen-bond donors (Lipinski definition) is 2. The van der Waals surface area contributed by atoms with Gasteiger partial charge in [-0.3, -0.25) is 9.69 Å². The number of hydrogen-bond acceptors (Lipinski definition) is 3. The highest BCUT2D eigenvalue weighted by atomic mass is 16.3. The number of carbonyl (C=O) groups excluding carboxylic acids is 1. The van der Waals surface area contributed by atoms with E-state index in [0.717, 1.165) is 38.8 Å². The van der Waals surface area contributed by atoms with Crippen molar-refractivity contribution in [3.63, 3.8) is 0 Å². The summed E-state index contributed by atoms with van der Waals surface area (Å²) >= 11 is 0. The van der Waals surface area contributed by atoms with E-state index in [2.05, 4.69) is 24.1 Å². The molecule has 0 spiro atoms. The second-order valence-electron chi connectivity index (χ2n) is 5.01. The van der Waals surface area contributed by atoms with Crippen LogP contribution in [-0.2, 0) is 4.79 Å². The Morgan fingerprint density at radius 1 is 1.47 bits per heavy atom. The molecule has 17 heavy (non-hydrogen) atoms. The smallest absolute Gasteiger partial charge is 0.234 e. The van der Waals surface area contributed by atoms with Gasteiger partial charge in [0.1, 0.15) is 0 Å². The molecule has 1 saturated heterocycles. The van der Waals surface area contributed by atoms with E-state index in [9.17, 15) is 4.79 Å². The Hall–Kier alpha value is -0.610. The third kappa shape index (κ3) is 5.04. The molecule has 1 aliphatic rings. The molecule has 1 unspecified atom stereocenters. The summed E-state index contributed by atoms with van der Waals surface area (Å²) in [5, 5.41) is 12.2. The van der Waals surface area contributed by atoms with Gasteiger partial charge in [0, 0.05) is 19.2 Å². The van der Waals surface area contributed by atoms with Crippen molar-refractivity contribution in [3.8, 4) is 0 Å². The average molecular weight is 242 g/mol. The second kappa shape index (κ2) is 7.67. The fraction of sp³-hybridized carbons (Fsp3) is 0.923. The number of nitrogens with one attached hydrogen (secondary N) is 1. The first-order valence-electron chi connectivity index (χ1n) is 6.82. The van der Waals surface area contributed by atoms with Crippen LogP contribution >= 0.6 is 0 Å². The van der Waals surface area contributed by atoms with Crippen LogP contribution < -0.4 is 5.32 Å². The number of aliphatic hydroxyl groups is 1. The van der Waals surface area contributed by atoms with Crippen LogP contribution in [0.2, 0.25) is 0 Å². The van der Waals surface area contributed by atoms with Crippen molar-refractivity contribution in [1.82, 2.24) is 10.2 Å². The Kier molecular flexibility index (Phi) is 6.52. The maximum absolute atomic E-state index is 11.8. The lowest BCUT2D eigenvalue weighted by Crippen LogP contribution is -2.45. The fourth-order valence-corrected chi connectivity index (χ4v) is 2.41. The van der Waals surface area contributed by atoms with Crippen LogP contribution in [0.15, 0.2) is 0 Å². The zero-order valence-corrected chi connectivity index (χ0v) is 11.1. The van der Waals surface area contributed by atoms with Gasteiger partial charge in [0.15, 0.2) is 0 Å². The maximum atomic E-state index is 11.8. The van der Waals surface area contributed by atoms with Crippen LogP contribution in [0.1, 0.15) is 39.5 Å². The van der Waals surface area contributed by atoms with Crippen molar-refractivity contribution in [2.45, 2.75) is 45.6 Å². The molecule has 0 aromatic rings. The van der Waals surface area contributed by atoms with Gasteiger partial charge in [0.05, 0.1) is 6.54 Å². The third-order valence-electron chi connectivity index (χ3n) is 3.58. The van der Waals surface area contributed by atoms with Crippen LogP contribution in [0, 0.1) is 5.92 Å². The summed E-state index contributed by atoms with van der Waals surface area (Å²) in [6.07, 6.45) is 4.15. The number of rotatable bonds is 6. The highest BCUT2D eigenvalue weighted by Gasteiger charge is 2.21. The van der Waals surface area contributed by atoms with Gasteiger partial charge in [-0.1, -0.05) is 13.8 Å². The molecular weight excluding hydrogens is 216 g/mol. The van der Waals surface area contributed by atoms with Gasteiger partial charge in [0.2, 0.25) is 5.91 Å². The Labute approximate surface area is 104 Å². The van der Waals surface area contributed by atoms with Crippen molar-refractivity contribution < 1.29 is 9.90 Å². The van der Waals surface area contributed by atoms with E-state index in [-0.39, 0.29) is 12.5 Å². The summed E-state index contributed by atoms with van der Waals surface area (Å²) < 4.78 is 0. The molecule has 2 N–H and O–H groups in total. The van der Waals surface area contributed by atoms with Crippen LogP contribution in [0.3, 0.4) is 0 Å². The van der Waals surface area contributed by atoms with Gasteiger partial charge in [-0.15, -0.1) is 0 Å². The summed E-state index contributed by atoms with van der Waals surface area (Å²) in [4.78, 5) is 14.0. The van der Waals surface area contributed by atoms with E-state index >= 15 is 0 Å². The number of amides is 1. The van der Waals surface area contributed by atoms with E-state index in [1.165, 1.54) is 0 Å². The maximum Gasteiger partial charge on any atom is 0.234 e. The fourth-order valence-electron chi connectivity index (χ4n) is 2.41. The Balaban J connectivity index is 2.30. The minimum Gasteiger partial charge on any atom is -0.396 e. The summed E-state index contributed by atoms with van der Waals surface area (Å²) in [7, 11) is 0. The second-order valence-corrected chi connectivity index (χ2v) is 5.01. The summed E-state index contributed by atoms with van der Waals surface area (Å²) in [5.41, 5.74) is 0. The largest absolute Gasteiger partial charge is 0.396 e. The summed E-state index contributed by atoms with van der Waals surface area (Å²) in [6.45, 7) is 6.74. The Morgan fingerprint density at radius 2 is 2.18 bits per heavy atom. The topological polar surface area (TPSA) is 52.6 Å². The van der Waals surface area contributed by atoms with Gasteiger partial charge in [0.25, 0.3) is 0 Å².